The second-order valence-corrected chi connectivity index (χ2v) is 5.76. The van der Waals surface area contributed by atoms with Gasteiger partial charge in [0.25, 0.3) is 0 Å². The molecule has 2 unspecified atom stereocenters. The van der Waals surface area contributed by atoms with Crippen molar-refractivity contribution < 1.29 is 9.53 Å². The Morgan fingerprint density at radius 1 is 1.42 bits per heavy atom. The van der Waals surface area contributed by atoms with E-state index in [1.165, 1.54) is 5.57 Å². The fourth-order valence-electron chi connectivity index (χ4n) is 3.22. The van der Waals surface area contributed by atoms with Crippen LogP contribution in [0.1, 0.15) is 19.3 Å². The number of amides is 1. The summed E-state index contributed by atoms with van der Waals surface area (Å²) in [4.78, 5) is 13.9. The van der Waals surface area contributed by atoms with E-state index in [0.29, 0.717) is 12.5 Å². The van der Waals surface area contributed by atoms with Gasteiger partial charge in [-0.1, -0.05) is 18.2 Å². The third kappa shape index (κ3) is 3.00. The molecule has 0 aromatic rings. The van der Waals surface area contributed by atoms with Crippen LogP contribution in [0.25, 0.3) is 0 Å². The van der Waals surface area contributed by atoms with Crippen molar-refractivity contribution in [2.24, 2.45) is 11.8 Å². The van der Waals surface area contributed by atoms with Gasteiger partial charge >= 0.3 is 6.09 Å². The highest BCUT2D eigenvalue weighted by Crippen LogP contribution is 2.26. The maximum absolute atomic E-state index is 12.1. The minimum atomic E-state index is -0.138. The van der Waals surface area contributed by atoms with Crippen LogP contribution < -0.4 is 5.32 Å². The summed E-state index contributed by atoms with van der Waals surface area (Å²) in [6, 6.07) is 0. The Hall–Kier alpha value is -1.29. The van der Waals surface area contributed by atoms with Crippen molar-refractivity contribution in [3.8, 4) is 0 Å². The van der Waals surface area contributed by atoms with Crippen LogP contribution in [-0.2, 0) is 4.74 Å². The van der Waals surface area contributed by atoms with E-state index in [-0.39, 0.29) is 6.09 Å². The van der Waals surface area contributed by atoms with E-state index in [2.05, 4.69) is 17.5 Å². The number of piperidine rings is 1. The van der Waals surface area contributed by atoms with Gasteiger partial charge in [0.15, 0.2) is 0 Å². The van der Waals surface area contributed by atoms with Crippen LogP contribution in [0.4, 0.5) is 4.79 Å². The maximum atomic E-state index is 12.1. The highest BCUT2D eigenvalue weighted by Gasteiger charge is 2.34. The first-order chi connectivity index (χ1) is 9.33. The molecular formula is C15H22N2O2. The number of fused-ring (bicyclic) bond motifs is 1. The number of nitrogens with one attached hydrogen (secondary N) is 1. The molecule has 1 aliphatic carbocycles. The van der Waals surface area contributed by atoms with E-state index in [0.717, 1.165) is 51.4 Å². The first-order valence-electron chi connectivity index (χ1n) is 7.30. The summed E-state index contributed by atoms with van der Waals surface area (Å²) in [6.07, 6.45) is 9.29. The Kier molecular flexibility index (Phi) is 3.87. The molecule has 0 radical (unpaired) electrons. The van der Waals surface area contributed by atoms with E-state index >= 15 is 0 Å². The number of carbonyl (C=O) groups excluding carboxylic acids is 1. The number of allylic oxidation sites excluding steroid dienone is 3. The van der Waals surface area contributed by atoms with Gasteiger partial charge in [-0.2, -0.15) is 0 Å². The number of likely N-dealkylation sites (tertiary alicyclic amines) is 1. The summed E-state index contributed by atoms with van der Waals surface area (Å²) in [6.45, 7) is 4.32. The predicted octanol–water partition coefficient (Wildman–Crippen LogP) is 1.94. The molecule has 2 fully saturated rings. The Bertz CT molecular complexity index is 403. The van der Waals surface area contributed by atoms with E-state index in [9.17, 15) is 4.79 Å². The molecule has 1 amide bonds. The fraction of sp³-hybridized carbons (Fsp3) is 0.667. The van der Waals surface area contributed by atoms with Gasteiger partial charge in [0, 0.05) is 13.1 Å². The molecule has 4 heteroatoms. The maximum Gasteiger partial charge on any atom is 0.410 e. The molecule has 2 heterocycles. The summed E-state index contributed by atoms with van der Waals surface area (Å²) >= 11 is 0. The lowest BCUT2D eigenvalue weighted by atomic mass is 9.89. The average Bonchev–Trinajstić information content (AvgIpc) is 2.93. The number of hydrogen-bond acceptors (Lipinski definition) is 3. The van der Waals surface area contributed by atoms with E-state index < -0.39 is 0 Å². The molecule has 2 saturated heterocycles. The molecule has 3 aliphatic rings. The Labute approximate surface area is 114 Å². The van der Waals surface area contributed by atoms with Crippen molar-refractivity contribution >= 4 is 6.09 Å². The SMILES string of the molecule is O=C(OCC1=CC=CCC1)N1CCC2CNCC2C1. The number of hydrogen-bond donors (Lipinski definition) is 1. The van der Waals surface area contributed by atoms with Gasteiger partial charge in [0.1, 0.15) is 6.61 Å². The van der Waals surface area contributed by atoms with Crippen molar-refractivity contribution in [1.29, 1.82) is 0 Å². The molecular weight excluding hydrogens is 240 g/mol. The van der Waals surface area contributed by atoms with Crippen LogP contribution >= 0.6 is 0 Å². The number of ether oxygens (including phenoxy) is 1. The second kappa shape index (κ2) is 5.78. The summed E-state index contributed by atoms with van der Waals surface area (Å²) in [7, 11) is 0. The van der Waals surface area contributed by atoms with E-state index in [4.69, 9.17) is 4.74 Å². The molecule has 2 atom stereocenters. The van der Waals surface area contributed by atoms with Crippen LogP contribution in [0.2, 0.25) is 0 Å². The molecule has 4 nitrogen and oxygen atoms in total. The number of carbonyl (C=O) groups is 1. The Balaban J connectivity index is 1.47. The molecule has 0 aromatic carbocycles. The lowest BCUT2D eigenvalue weighted by Crippen LogP contribution is -2.43. The minimum Gasteiger partial charge on any atom is -0.445 e. The first-order valence-corrected chi connectivity index (χ1v) is 7.30. The Morgan fingerprint density at radius 3 is 3.16 bits per heavy atom. The molecule has 0 spiro atoms. The standard InChI is InChI=1S/C15H22N2O2/c18-15(19-11-12-4-2-1-3-5-12)17-7-6-13-8-16-9-14(13)10-17/h1-2,4,13-14,16H,3,5-11H2. The largest absolute Gasteiger partial charge is 0.445 e. The fourth-order valence-corrected chi connectivity index (χ4v) is 3.22. The van der Waals surface area contributed by atoms with Gasteiger partial charge < -0.3 is 15.0 Å². The van der Waals surface area contributed by atoms with Crippen molar-refractivity contribution in [2.75, 3.05) is 32.8 Å². The monoisotopic (exact) mass is 262 g/mol. The molecule has 0 saturated carbocycles. The van der Waals surface area contributed by atoms with Crippen molar-refractivity contribution in [1.82, 2.24) is 10.2 Å². The average molecular weight is 262 g/mol. The molecule has 1 N–H and O–H groups in total. The van der Waals surface area contributed by atoms with Crippen LogP contribution in [0, 0.1) is 11.8 Å². The molecule has 104 valence electrons. The molecule has 0 bridgehead atoms. The minimum absolute atomic E-state index is 0.138. The summed E-state index contributed by atoms with van der Waals surface area (Å²) in [5.41, 5.74) is 1.22. The number of nitrogens with zero attached hydrogens (tertiary/aromatic N) is 1. The van der Waals surface area contributed by atoms with E-state index in [1.807, 2.05) is 11.0 Å². The van der Waals surface area contributed by atoms with Gasteiger partial charge in [0.05, 0.1) is 0 Å². The van der Waals surface area contributed by atoms with Crippen molar-refractivity contribution in [3.05, 3.63) is 23.8 Å². The quantitative estimate of drug-likeness (QED) is 0.827. The van der Waals surface area contributed by atoms with E-state index in [1.54, 1.807) is 0 Å². The third-order valence-electron chi connectivity index (χ3n) is 4.44. The zero-order valence-electron chi connectivity index (χ0n) is 11.3. The van der Waals surface area contributed by atoms with Gasteiger partial charge in [-0.15, -0.1) is 0 Å². The third-order valence-corrected chi connectivity index (χ3v) is 4.44. The van der Waals surface area contributed by atoms with Crippen LogP contribution in [0.15, 0.2) is 23.8 Å². The van der Waals surface area contributed by atoms with Gasteiger partial charge in [0.2, 0.25) is 0 Å². The zero-order valence-corrected chi connectivity index (χ0v) is 11.3. The number of rotatable bonds is 2. The van der Waals surface area contributed by atoms with Crippen molar-refractivity contribution in [3.63, 3.8) is 0 Å². The van der Waals surface area contributed by atoms with Crippen LogP contribution in [-0.4, -0.2) is 43.8 Å². The molecule has 0 aromatic heterocycles. The highest BCUT2D eigenvalue weighted by atomic mass is 16.6. The highest BCUT2D eigenvalue weighted by molar-refractivity contribution is 5.68. The Morgan fingerprint density at radius 2 is 2.32 bits per heavy atom. The normalized spacial score (nSPS) is 29.9. The smallest absolute Gasteiger partial charge is 0.410 e. The second-order valence-electron chi connectivity index (χ2n) is 5.76. The summed E-state index contributed by atoms with van der Waals surface area (Å²) in [5, 5.41) is 3.41. The first kappa shape index (κ1) is 12.7. The topological polar surface area (TPSA) is 41.6 Å². The van der Waals surface area contributed by atoms with Crippen molar-refractivity contribution in [2.45, 2.75) is 19.3 Å². The summed E-state index contributed by atoms with van der Waals surface area (Å²) < 4.78 is 5.43. The summed E-state index contributed by atoms with van der Waals surface area (Å²) in [5.74, 6) is 1.38. The van der Waals surface area contributed by atoms with Gasteiger partial charge in [-0.3, -0.25) is 0 Å². The van der Waals surface area contributed by atoms with Gasteiger partial charge in [-0.05, 0) is 49.8 Å². The van der Waals surface area contributed by atoms with Crippen LogP contribution in [0.3, 0.4) is 0 Å². The van der Waals surface area contributed by atoms with Gasteiger partial charge in [-0.25, -0.2) is 4.79 Å². The molecule has 19 heavy (non-hydrogen) atoms. The lowest BCUT2D eigenvalue weighted by Gasteiger charge is -2.33. The molecule has 2 aliphatic heterocycles. The molecule has 3 rings (SSSR count). The zero-order chi connectivity index (χ0) is 13.1. The predicted molar refractivity (Wildman–Crippen MR) is 73.8 cm³/mol. The van der Waals surface area contributed by atoms with Crippen LogP contribution in [0.5, 0.6) is 0 Å². The lowest BCUT2D eigenvalue weighted by molar-refractivity contribution is 0.0835.